The molecule has 2 aliphatic rings. The van der Waals surface area contributed by atoms with E-state index in [1.807, 2.05) is 18.2 Å². The van der Waals surface area contributed by atoms with Crippen LogP contribution in [-0.4, -0.2) is 30.6 Å². The van der Waals surface area contributed by atoms with Crippen LogP contribution in [0.25, 0.3) is 0 Å². The molecule has 1 aromatic rings. The number of hydrogen-bond acceptors (Lipinski definition) is 2. The van der Waals surface area contributed by atoms with Gasteiger partial charge in [0.2, 0.25) is 0 Å². The fraction of sp³-hybridized carbons (Fsp3) is 0.647. The first kappa shape index (κ1) is 15.6. The highest BCUT2D eigenvalue weighted by atomic mass is 35.5. The zero-order valence-corrected chi connectivity index (χ0v) is 14.1. The fourth-order valence-corrected chi connectivity index (χ4v) is 3.63. The first-order valence-corrected chi connectivity index (χ1v) is 8.81. The molecule has 2 nitrogen and oxygen atoms in total. The van der Waals surface area contributed by atoms with Gasteiger partial charge in [-0.15, -0.1) is 0 Å². The molecule has 1 aliphatic heterocycles. The summed E-state index contributed by atoms with van der Waals surface area (Å²) in [7, 11) is 0. The van der Waals surface area contributed by atoms with Crippen LogP contribution >= 0.6 is 23.2 Å². The molecular formula is C17H24Cl2N2. The second-order valence-corrected chi connectivity index (χ2v) is 7.35. The number of halogens is 2. The second-order valence-electron chi connectivity index (χ2n) is 6.50. The molecule has 3 rings (SSSR count). The van der Waals surface area contributed by atoms with Crippen molar-refractivity contribution in [3.05, 3.63) is 33.8 Å². The Morgan fingerprint density at radius 1 is 1.19 bits per heavy atom. The summed E-state index contributed by atoms with van der Waals surface area (Å²) < 4.78 is 0. The Kier molecular flexibility index (Phi) is 5.11. The Morgan fingerprint density at radius 2 is 1.90 bits per heavy atom. The van der Waals surface area contributed by atoms with Crippen LogP contribution in [0.1, 0.15) is 44.2 Å². The van der Waals surface area contributed by atoms with Crippen molar-refractivity contribution in [3.63, 3.8) is 0 Å². The van der Waals surface area contributed by atoms with Gasteiger partial charge in [-0.1, -0.05) is 23.2 Å². The lowest BCUT2D eigenvalue weighted by Crippen LogP contribution is -2.43. The van der Waals surface area contributed by atoms with E-state index in [2.05, 4.69) is 17.1 Å². The number of piperidine rings is 1. The second kappa shape index (κ2) is 6.87. The predicted octanol–water partition coefficient (Wildman–Crippen LogP) is 4.52. The average molecular weight is 327 g/mol. The molecule has 0 spiro atoms. The molecule has 1 saturated carbocycles. The minimum absolute atomic E-state index is 0.334. The largest absolute Gasteiger partial charge is 0.314 e. The molecule has 1 aliphatic carbocycles. The number of nitrogens with one attached hydrogen (secondary N) is 1. The van der Waals surface area contributed by atoms with Gasteiger partial charge in [-0.3, -0.25) is 4.90 Å². The maximum Gasteiger partial charge on any atom is 0.0454 e. The van der Waals surface area contributed by atoms with Gasteiger partial charge in [-0.25, -0.2) is 0 Å². The topological polar surface area (TPSA) is 15.3 Å². The fourth-order valence-electron chi connectivity index (χ4n) is 3.18. The highest BCUT2D eigenvalue weighted by molar-refractivity contribution is 6.33. The lowest BCUT2D eigenvalue weighted by atomic mass is 10.00. The monoisotopic (exact) mass is 326 g/mol. The quantitative estimate of drug-likeness (QED) is 0.855. The van der Waals surface area contributed by atoms with Crippen molar-refractivity contribution < 1.29 is 0 Å². The molecule has 4 heteroatoms. The molecule has 1 aromatic carbocycles. The van der Waals surface area contributed by atoms with Crippen LogP contribution in [0.3, 0.4) is 0 Å². The molecule has 1 saturated heterocycles. The van der Waals surface area contributed by atoms with E-state index in [0.29, 0.717) is 12.1 Å². The maximum atomic E-state index is 6.33. The number of nitrogens with zero attached hydrogens (tertiary/aromatic N) is 1. The smallest absolute Gasteiger partial charge is 0.0454 e. The van der Waals surface area contributed by atoms with E-state index in [-0.39, 0.29) is 0 Å². The highest BCUT2D eigenvalue weighted by Gasteiger charge is 2.26. The van der Waals surface area contributed by atoms with E-state index in [4.69, 9.17) is 23.2 Å². The van der Waals surface area contributed by atoms with Crippen molar-refractivity contribution in [3.8, 4) is 0 Å². The van der Waals surface area contributed by atoms with Gasteiger partial charge in [0.25, 0.3) is 0 Å². The van der Waals surface area contributed by atoms with Crippen molar-refractivity contribution in [2.45, 2.75) is 44.7 Å². The molecule has 2 fully saturated rings. The molecule has 21 heavy (non-hydrogen) atoms. The molecule has 0 aromatic heterocycles. The van der Waals surface area contributed by atoms with E-state index in [1.54, 1.807) is 0 Å². The normalized spacial score (nSPS) is 22.4. The SMILES string of the molecule is CC(c1cc(Cl)ccc1Cl)N1CCC(NCC2CC2)CC1. The Hall–Kier alpha value is -0.280. The summed E-state index contributed by atoms with van der Waals surface area (Å²) >= 11 is 12.4. The van der Waals surface area contributed by atoms with Gasteiger partial charge >= 0.3 is 0 Å². The maximum absolute atomic E-state index is 6.33. The van der Waals surface area contributed by atoms with Crippen molar-refractivity contribution in [1.29, 1.82) is 0 Å². The summed E-state index contributed by atoms with van der Waals surface area (Å²) in [4.78, 5) is 2.52. The zero-order chi connectivity index (χ0) is 14.8. The molecule has 1 atom stereocenters. The minimum Gasteiger partial charge on any atom is -0.314 e. The summed E-state index contributed by atoms with van der Waals surface area (Å²) in [5.41, 5.74) is 1.15. The van der Waals surface area contributed by atoms with E-state index in [1.165, 1.54) is 32.2 Å². The highest BCUT2D eigenvalue weighted by Crippen LogP contribution is 2.32. The lowest BCUT2D eigenvalue weighted by Gasteiger charge is -2.37. The first-order valence-electron chi connectivity index (χ1n) is 8.06. The molecular weight excluding hydrogens is 303 g/mol. The van der Waals surface area contributed by atoms with Gasteiger partial charge in [-0.05, 0) is 68.8 Å². The number of likely N-dealkylation sites (tertiary alicyclic amines) is 1. The summed E-state index contributed by atoms with van der Waals surface area (Å²) in [5, 5.41) is 5.32. The van der Waals surface area contributed by atoms with Gasteiger partial charge in [0.15, 0.2) is 0 Å². The molecule has 0 bridgehead atoms. The number of rotatable bonds is 5. The van der Waals surface area contributed by atoms with Crippen molar-refractivity contribution in [1.82, 2.24) is 10.2 Å². The van der Waals surface area contributed by atoms with Crippen LogP contribution in [0.5, 0.6) is 0 Å². The molecule has 0 amide bonds. The molecule has 1 unspecified atom stereocenters. The van der Waals surface area contributed by atoms with E-state index in [0.717, 1.165) is 34.6 Å². The molecule has 1 heterocycles. The Morgan fingerprint density at radius 3 is 2.57 bits per heavy atom. The minimum atomic E-state index is 0.334. The summed E-state index contributed by atoms with van der Waals surface area (Å²) in [5.74, 6) is 0.965. The Bertz CT molecular complexity index is 480. The molecule has 1 N–H and O–H groups in total. The number of benzene rings is 1. The van der Waals surface area contributed by atoms with Crippen molar-refractivity contribution in [2.24, 2.45) is 5.92 Å². The van der Waals surface area contributed by atoms with Gasteiger partial charge in [0, 0.05) is 35.2 Å². The Labute approximate surface area is 137 Å². The third-order valence-electron chi connectivity index (χ3n) is 4.88. The van der Waals surface area contributed by atoms with Crippen molar-refractivity contribution >= 4 is 23.2 Å². The van der Waals surface area contributed by atoms with Crippen LogP contribution in [0.4, 0.5) is 0 Å². The van der Waals surface area contributed by atoms with Gasteiger partial charge < -0.3 is 5.32 Å². The van der Waals surface area contributed by atoms with Crippen molar-refractivity contribution in [2.75, 3.05) is 19.6 Å². The van der Waals surface area contributed by atoms with E-state index in [9.17, 15) is 0 Å². The van der Waals surface area contributed by atoms with Crippen LogP contribution in [0, 0.1) is 5.92 Å². The van der Waals surface area contributed by atoms with Gasteiger partial charge in [-0.2, -0.15) is 0 Å². The average Bonchev–Trinajstić information content (AvgIpc) is 3.32. The van der Waals surface area contributed by atoms with Gasteiger partial charge in [0.05, 0.1) is 0 Å². The lowest BCUT2D eigenvalue weighted by molar-refractivity contribution is 0.152. The standard InChI is InChI=1S/C17H24Cl2N2/c1-12(16-10-14(18)4-5-17(16)19)21-8-6-15(7-9-21)20-11-13-2-3-13/h4-5,10,12-13,15,20H,2-3,6-9,11H2,1H3. The Balaban J connectivity index is 1.54. The molecule has 0 radical (unpaired) electrons. The summed E-state index contributed by atoms with van der Waals surface area (Å²) in [6.07, 6.45) is 5.32. The third kappa shape index (κ3) is 4.13. The number of hydrogen-bond donors (Lipinski definition) is 1. The first-order chi connectivity index (χ1) is 10.1. The van der Waals surface area contributed by atoms with Crippen LogP contribution in [-0.2, 0) is 0 Å². The van der Waals surface area contributed by atoms with Crippen LogP contribution in [0.15, 0.2) is 18.2 Å². The molecule has 116 valence electrons. The zero-order valence-electron chi connectivity index (χ0n) is 12.6. The van der Waals surface area contributed by atoms with E-state index < -0.39 is 0 Å². The predicted molar refractivity (Wildman–Crippen MR) is 90.2 cm³/mol. The van der Waals surface area contributed by atoms with Crippen LogP contribution < -0.4 is 5.32 Å². The summed E-state index contributed by atoms with van der Waals surface area (Å²) in [6, 6.07) is 6.80. The van der Waals surface area contributed by atoms with Crippen LogP contribution in [0.2, 0.25) is 10.0 Å². The van der Waals surface area contributed by atoms with Gasteiger partial charge in [0.1, 0.15) is 0 Å². The summed E-state index contributed by atoms with van der Waals surface area (Å²) in [6.45, 7) is 5.72. The van der Waals surface area contributed by atoms with E-state index >= 15 is 0 Å². The third-order valence-corrected chi connectivity index (χ3v) is 5.46.